The van der Waals surface area contributed by atoms with Gasteiger partial charge in [0.1, 0.15) is 17.4 Å². The maximum atomic E-state index is 5.82. The summed E-state index contributed by atoms with van der Waals surface area (Å²) in [6.07, 6.45) is 2.61. The number of aromatic nitrogens is 1. The Labute approximate surface area is 121 Å². The molecule has 100 valence electrons. The maximum Gasteiger partial charge on any atom is 0.131 e. The number of thiazole rings is 1. The monoisotopic (exact) mass is 294 g/mol. The molecule has 0 unspecified atom stereocenters. The summed E-state index contributed by atoms with van der Waals surface area (Å²) in [6, 6.07) is 8.10. The normalized spacial score (nSPS) is 14.6. The number of hydrogen-bond donors (Lipinski definition) is 1. The minimum Gasteiger partial charge on any atom is -0.487 e. The number of benzene rings is 1. The molecule has 0 saturated heterocycles. The molecule has 0 radical (unpaired) electrons. The van der Waals surface area contributed by atoms with E-state index in [1.54, 1.807) is 11.3 Å². The van der Waals surface area contributed by atoms with Crippen LogP contribution in [0.3, 0.4) is 0 Å². The first kappa shape index (κ1) is 12.9. The highest BCUT2D eigenvalue weighted by molar-refractivity contribution is 7.09. The molecule has 1 saturated carbocycles. The Balaban J connectivity index is 1.50. The summed E-state index contributed by atoms with van der Waals surface area (Å²) < 4.78 is 5.66. The van der Waals surface area contributed by atoms with Crippen molar-refractivity contribution in [2.45, 2.75) is 32.0 Å². The van der Waals surface area contributed by atoms with E-state index in [-0.39, 0.29) is 0 Å². The average molecular weight is 295 g/mol. The summed E-state index contributed by atoms with van der Waals surface area (Å²) in [4.78, 5) is 4.55. The molecular weight excluding hydrogens is 280 g/mol. The summed E-state index contributed by atoms with van der Waals surface area (Å²) in [5.74, 6) is 0.815. The molecule has 0 aliphatic heterocycles. The van der Waals surface area contributed by atoms with Crippen molar-refractivity contribution in [2.24, 2.45) is 0 Å². The lowest BCUT2D eigenvalue weighted by molar-refractivity contribution is 0.302. The van der Waals surface area contributed by atoms with Gasteiger partial charge in [-0.25, -0.2) is 4.98 Å². The molecule has 0 spiro atoms. The smallest absolute Gasteiger partial charge is 0.131 e. The van der Waals surface area contributed by atoms with Gasteiger partial charge in [0, 0.05) is 23.0 Å². The van der Waals surface area contributed by atoms with Crippen LogP contribution in [0.2, 0.25) is 5.02 Å². The fourth-order valence-corrected chi connectivity index (χ4v) is 2.56. The van der Waals surface area contributed by atoms with E-state index in [1.165, 1.54) is 12.8 Å². The summed E-state index contributed by atoms with van der Waals surface area (Å²) in [5.41, 5.74) is 0.979. The van der Waals surface area contributed by atoms with E-state index in [0.717, 1.165) is 34.1 Å². The number of rotatable bonds is 6. The van der Waals surface area contributed by atoms with Gasteiger partial charge in [0.15, 0.2) is 0 Å². The highest BCUT2D eigenvalue weighted by Crippen LogP contribution is 2.21. The van der Waals surface area contributed by atoms with Crippen LogP contribution in [0.5, 0.6) is 5.75 Å². The predicted molar refractivity (Wildman–Crippen MR) is 77.8 cm³/mol. The lowest BCUT2D eigenvalue weighted by Crippen LogP contribution is -2.15. The lowest BCUT2D eigenvalue weighted by atomic mass is 10.3. The van der Waals surface area contributed by atoms with Gasteiger partial charge < -0.3 is 10.1 Å². The number of nitrogens with one attached hydrogen (secondary N) is 1. The first-order chi connectivity index (χ1) is 9.29. The second-order valence-electron chi connectivity index (χ2n) is 4.63. The summed E-state index contributed by atoms with van der Waals surface area (Å²) >= 11 is 7.51. The third kappa shape index (κ3) is 3.93. The van der Waals surface area contributed by atoms with Crippen molar-refractivity contribution >= 4 is 22.9 Å². The van der Waals surface area contributed by atoms with E-state index in [0.29, 0.717) is 6.61 Å². The second kappa shape index (κ2) is 5.90. The Kier molecular flexibility index (Phi) is 4.01. The molecule has 1 aromatic carbocycles. The first-order valence-corrected chi connectivity index (χ1v) is 7.60. The van der Waals surface area contributed by atoms with Gasteiger partial charge in [0.2, 0.25) is 0 Å². The molecule has 2 aromatic rings. The van der Waals surface area contributed by atoms with Crippen molar-refractivity contribution in [3.05, 3.63) is 45.4 Å². The number of hydrogen-bond acceptors (Lipinski definition) is 4. The highest BCUT2D eigenvalue weighted by Gasteiger charge is 2.20. The second-order valence-corrected chi connectivity index (χ2v) is 6.01. The third-order valence-electron chi connectivity index (χ3n) is 2.92. The van der Waals surface area contributed by atoms with Gasteiger partial charge in [-0.15, -0.1) is 11.3 Å². The Morgan fingerprint density at radius 1 is 1.32 bits per heavy atom. The zero-order chi connectivity index (χ0) is 13.1. The van der Waals surface area contributed by atoms with E-state index in [2.05, 4.69) is 15.7 Å². The van der Waals surface area contributed by atoms with Crippen molar-refractivity contribution in [1.29, 1.82) is 0 Å². The molecule has 1 N–H and O–H groups in total. The van der Waals surface area contributed by atoms with E-state index in [4.69, 9.17) is 16.3 Å². The predicted octanol–water partition coefficient (Wildman–Crippen LogP) is 3.63. The van der Waals surface area contributed by atoms with E-state index in [9.17, 15) is 0 Å². The molecule has 1 heterocycles. The van der Waals surface area contributed by atoms with Crippen molar-refractivity contribution in [2.75, 3.05) is 0 Å². The van der Waals surface area contributed by atoms with Crippen LogP contribution < -0.4 is 10.1 Å². The Morgan fingerprint density at radius 3 is 2.84 bits per heavy atom. The topological polar surface area (TPSA) is 34.1 Å². The number of halogens is 1. The minimum atomic E-state index is 0.502. The zero-order valence-electron chi connectivity index (χ0n) is 10.4. The fourth-order valence-electron chi connectivity index (χ4n) is 1.70. The molecule has 1 fully saturated rings. The quantitative estimate of drug-likeness (QED) is 0.883. The maximum absolute atomic E-state index is 5.82. The van der Waals surface area contributed by atoms with Crippen LogP contribution in [0, 0.1) is 0 Å². The molecular formula is C14H15ClN2OS. The molecule has 0 amide bonds. The van der Waals surface area contributed by atoms with Crippen LogP contribution >= 0.6 is 22.9 Å². The first-order valence-electron chi connectivity index (χ1n) is 6.34. The number of ether oxygens (including phenoxy) is 1. The van der Waals surface area contributed by atoms with Gasteiger partial charge in [0.25, 0.3) is 0 Å². The summed E-state index contributed by atoms with van der Waals surface area (Å²) in [6.45, 7) is 1.37. The number of nitrogens with zero attached hydrogens (tertiary/aromatic N) is 1. The van der Waals surface area contributed by atoms with Gasteiger partial charge in [-0.3, -0.25) is 0 Å². The fraction of sp³-hybridized carbons (Fsp3) is 0.357. The van der Waals surface area contributed by atoms with Crippen molar-refractivity contribution in [1.82, 2.24) is 10.3 Å². The molecule has 19 heavy (non-hydrogen) atoms. The molecule has 3 rings (SSSR count). The van der Waals surface area contributed by atoms with E-state index >= 15 is 0 Å². The summed E-state index contributed by atoms with van der Waals surface area (Å²) in [7, 11) is 0. The van der Waals surface area contributed by atoms with Crippen molar-refractivity contribution in [3.63, 3.8) is 0 Å². The van der Waals surface area contributed by atoms with Crippen LogP contribution in [0.15, 0.2) is 29.6 Å². The Morgan fingerprint density at radius 2 is 2.11 bits per heavy atom. The van der Waals surface area contributed by atoms with Crippen molar-refractivity contribution in [3.8, 4) is 5.75 Å². The van der Waals surface area contributed by atoms with E-state index in [1.807, 2.05) is 24.3 Å². The summed E-state index contributed by atoms with van der Waals surface area (Å²) in [5, 5.41) is 7.36. The molecule has 3 nitrogen and oxygen atoms in total. The highest BCUT2D eigenvalue weighted by atomic mass is 35.5. The standard InChI is InChI=1S/C14H15ClN2OS/c15-10-1-5-13(6-2-10)18-8-12-9-19-14(17-12)7-16-11-3-4-11/h1-2,5-6,9,11,16H,3-4,7-8H2. The van der Waals surface area contributed by atoms with Gasteiger partial charge in [-0.2, -0.15) is 0 Å². The molecule has 1 aliphatic carbocycles. The molecule has 1 aromatic heterocycles. The minimum absolute atomic E-state index is 0.502. The Bertz CT molecular complexity index is 537. The molecule has 1 aliphatic rings. The SMILES string of the molecule is Clc1ccc(OCc2csc(CNC3CC3)n2)cc1. The molecule has 5 heteroatoms. The third-order valence-corrected chi connectivity index (χ3v) is 4.07. The van der Waals surface area contributed by atoms with Gasteiger partial charge in [-0.1, -0.05) is 11.6 Å². The van der Waals surface area contributed by atoms with Gasteiger partial charge >= 0.3 is 0 Å². The largest absolute Gasteiger partial charge is 0.487 e. The van der Waals surface area contributed by atoms with Gasteiger partial charge in [0.05, 0.1) is 5.69 Å². The van der Waals surface area contributed by atoms with Crippen LogP contribution in [0.25, 0.3) is 0 Å². The van der Waals surface area contributed by atoms with Crippen LogP contribution in [0.4, 0.5) is 0 Å². The zero-order valence-corrected chi connectivity index (χ0v) is 12.0. The van der Waals surface area contributed by atoms with Crippen LogP contribution in [-0.2, 0) is 13.2 Å². The molecule has 0 bridgehead atoms. The lowest BCUT2D eigenvalue weighted by Gasteiger charge is -2.03. The van der Waals surface area contributed by atoms with Gasteiger partial charge in [-0.05, 0) is 37.1 Å². The van der Waals surface area contributed by atoms with Crippen molar-refractivity contribution < 1.29 is 4.74 Å². The molecule has 0 atom stereocenters. The van der Waals surface area contributed by atoms with Crippen LogP contribution in [0.1, 0.15) is 23.5 Å². The van der Waals surface area contributed by atoms with E-state index < -0.39 is 0 Å². The van der Waals surface area contributed by atoms with Crippen LogP contribution in [-0.4, -0.2) is 11.0 Å². The average Bonchev–Trinajstić information content (AvgIpc) is 3.15. The Hall–Kier alpha value is -1.10.